The van der Waals surface area contributed by atoms with Crippen molar-refractivity contribution in [3.63, 3.8) is 0 Å². The number of likely N-dealkylation sites (tertiary alicyclic amines) is 1. The lowest BCUT2D eigenvalue weighted by Gasteiger charge is -2.42. The van der Waals surface area contributed by atoms with Crippen LogP contribution in [0.25, 0.3) is 16.8 Å². The number of nitrogens with one attached hydrogen (secondary N) is 1. The van der Waals surface area contributed by atoms with Crippen LogP contribution in [0.1, 0.15) is 46.1 Å². The fraction of sp³-hybridized carbons (Fsp3) is 0.567. The van der Waals surface area contributed by atoms with E-state index in [1.807, 2.05) is 54.8 Å². The molecular weight excluding hydrogens is 509 g/mol. The van der Waals surface area contributed by atoms with Crippen molar-refractivity contribution in [1.29, 1.82) is 0 Å². The highest BCUT2D eigenvalue weighted by atomic mass is 19.1. The van der Waals surface area contributed by atoms with Gasteiger partial charge in [0.05, 0.1) is 22.5 Å². The fourth-order valence-electron chi connectivity index (χ4n) is 5.98. The van der Waals surface area contributed by atoms with Gasteiger partial charge in [-0.2, -0.15) is 5.10 Å². The number of aromatic nitrogens is 3. The molecule has 5 rings (SSSR count). The summed E-state index contributed by atoms with van der Waals surface area (Å²) in [6, 6.07) is 8.50. The van der Waals surface area contributed by atoms with Gasteiger partial charge < -0.3 is 24.8 Å². The number of piperidine rings is 1. The molecule has 9 nitrogen and oxygen atoms in total. The number of ether oxygens (including phenoxy) is 1. The Morgan fingerprint density at radius 2 is 1.85 bits per heavy atom. The molecule has 0 aromatic carbocycles. The zero-order valence-electron chi connectivity index (χ0n) is 24.1. The summed E-state index contributed by atoms with van der Waals surface area (Å²) in [6.07, 6.45) is 6.60. The molecule has 0 aliphatic carbocycles. The van der Waals surface area contributed by atoms with Gasteiger partial charge in [0.2, 0.25) is 0 Å². The number of halogens is 1. The molecule has 3 aromatic rings. The molecule has 1 atom stereocenters. The molecular formula is C30H42FN7O2. The highest BCUT2D eigenvalue weighted by Gasteiger charge is 2.37. The number of carbonyl (C=O) groups is 1. The summed E-state index contributed by atoms with van der Waals surface area (Å²) >= 11 is 0. The number of rotatable bonds is 8. The van der Waals surface area contributed by atoms with Gasteiger partial charge in [0, 0.05) is 88.2 Å². The van der Waals surface area contributed by atoms with Crippen LogP contribution in [0.5, 0.6) is 0 Å². The summed E-state index contributed by atoms with van der Waals surface area (Å²) in [5.41, 5.74) is 4.69. The van der Waals surface area contributed by atoms with E-state index >= 15 is 0 Å². The number of piperazine rings is 1. The summed E-state index contributed by atoms with van der Waals surface area (Å²) in [5.74, 6) is 0. The first-order chi connectivity index (χ1) is 19.3. The quantitative estimate of drug-likeness (QED) is 0.449. The van der Waals surface area contributed by atoms with Gasteiger partial charge in [-0.1, -0.05) is 6.07 Å². The maximum Gasteiger partial charge on any atom is 0.317 e. The van der Waals surface area contributed by atoms with E-state index < -0.39 is 6.17 Å². The molecule has 10 heteroatoms. The van der Waals surface area contributed by atoms with Crippen molar-refractivity contribution in [3.05, 3.63) is 48.4 Å². The Morgan fingerprint density at radius 3 is 2.48 bits per heavy atom. The number of urea groups is 1. The van der Waals surface area contributed by atoms with Crippen LogP contribution >= 0.6 is 0 Å². The molecule has 5 heterocycles. The molecule has 1 N–H and O–H groups in total. The Balaban J connectivity index is 1.31. The third kappa shape index (κ3) is 6.07. The number of nitrogens with zero attached hydrogens (tertiary/aromatic N) is 6. The van der Waals surface area contributed by atoms with Crippen LogP contribution in [0, 0.1) is 0 Å². The molecule has 0 bridgehead atoms. The Hall–Kier alpha value is -3.24. The zero-order valence-corrected chi connectivity index (χ0v) is 24.1. The Bertz CT molecular complexity index is 1280. The lowest BCUT2D eigenvalue weighted by molar-refractivity contribution is -0.0868. The molecule has 2 fully saturated rings. The van der Waals surface area contributed by atoms with Gasteiger partial charge in [-0.05, 0) is 58.7 Å². The third-order valence-electron chi connectivity index (χ3n) is 7.99. The van der Waals surface area contributed by atoms with E-state index in [1.54, 1.807) is 6.92 Å². The third-order valence-corrected chi connectivity index (χ3v) is 7.99. The van der Waals surface area contributed by atoms with Crippen LogP contribution in [0.3, 0.4) is 0 Å². The molecule has 2 aliphatic heterocycles. The van der Waals surface area contributed by atoms with Gasteiger partial charge in [-0.25, -0.2) is 13.7 Å². The summed E-state index contributed by atoms with van der Waals surface area (Å²) in [5, 5.41) is 7.53. The molecule has 0 radical (unpaired) electrons. The molecule has 2 amide bonds. The number of anilines is 1. The minimum atomic E-state index is -0.825. The van der Waals surface area contributed by atoms with E-state index in [2.05, 4.69) is 38.4 Å². The Labute approximate surface area is 236 Å². The normalized spacial score (nSPS) is 18.9. The van der Waals surface area contributed by atoms with Crippen LogP contribution < -0.4 is 10.2 Å². The second-order valence-electron chi connectivity index (χ2n) is 11.3. The highest BCUT2D eigenvalue weighted by molar-refractivity contribution is 5.79. The lowest BCUT2D eigenvalue weighted by atomic mass is 9.84. The van der Waals surface area contributed by atoms with Crippen molar-refractivity contribution in [2.75, 3.05) is 57.3 Å². The summed E-state index contributed by atoms with van der Waals surface area (Å²) < 4.78 is 21.8. The number of fused-ring (bicyclic) bond motifs is 1. The zero-order chi connectivity index (χ0) is 28.3. The fourth-order valence-corrected chi connectivity index (χ4v) is 5.98. The van der Waals surface area contributed by atoms with Crippen LogP contribution in [0.2, 0.25) is 0 Å². The lowest BCUT2D eigenvalue weighted by Crippen LogP contribution is -2.53. The van der Waals surface area contributed by atoms with E-state index in [0.29, 0.717) is 26.2 Å². The number of hydrogen-bond donors (Lipinski definition) is 1. The Kier molecular flexibility index (Phi) is 8.56. The second kappa shape index (κ2) is 12.1. The smallest absolute Gasteiger partial charge is 0.317 e. The van der Waals surface area contributed by atoms with E-state index in [-0.39, 0.29) is 17.7 Å². The standard InChI is InChI=1S/C30H42FN7O2/c1-5-40-30(9-12-35(13-10-30)20-23(4)31)25-6-7-26(32-19-25)24-18-28-27(8-11-33-38(28)21-24)36-14-16-37(17-15-36)29(39)34-22(2)3/h6-8,11,18-19,21-23H,5,9-10,12-17,20H2,1-4H3,(H,34,39)/t23-/m0/s1. The largest absolute Gasteiger partial charge is 0.370 e. The van der Waals surface area contributed by atoms with Crippen molar-refractivity contribution in [3.8, 4) is 11.3 Å². The average molecular weight is 552 g/mol. The maximum absolute atomic E-state index is 13.5. The number of hydrogen-bond acceptors (Lipinski definition) is 6. The summed E-state index contributed by atoms with van der Waals surface area (Å²) in [4.78, 5) is 23.6. The van der Waals surface area contributed by atoms with Gasteiger partial charge in [0.1, 0.15) is 6.17 Å². The average Bonchev–Trinajstić information content (AvgIpc) is 3.39. The molecule has 40 heavy (non-hydrogen) atoms. The van der Waals surface area contributed by atoms with E-state index in [4.69, 9.17) is 9.72 Å². The predicted octanol–water partition coefficient (Wildman–Crippen LogP) is 4.32. The van der Waals surface area contributed by atoms with Gasteiger partial charge >= 0.3 is 6.03 Å². The molecule has 0 spiro atoms. The topological polar surface area (TPSA) is 78.2 Å². The number of amides is 2. The molecule has 0 saturated carbocycles. The van der Waals surface area contributed by atoms with Crippen molar-refractivity contribution in [2.24, 2.45) is 0 Å². The van der Waals surface area contributed by atoms with Gasteiger partial charge in [0.25, 0.3) is 0 Å². The molecule has 2 saturated heterocycles. The minimum Gasteiger partial charge on any atom is -0.370 e. The first kappa shape index (κ1) is 28.3. The summed E-state index contributed by atoms with van der Waals surface area (Å²) in [7, 11) is 0. The SMILES string of the molecule is CCOC1(c2ccc(-c3cc4c(N5CCN(C(=O)NC(C)C)CC5)ccnn4c3)nc2)CCN(C[C@H](C)F)CC1. The van der Waals surface area contributed by atoms with E-state index in [0.717, 1.165) is 67.0 Å². The maximum atomic E-state index is 13.5. The number of pyridine rings is 1. The number of carbonyl (C=O) groups excluding carboxylic acids is 1. The minimum absolute atomic E-state index is 0.0000431. The Morgan fingerprint density at radius 1 is 1.10 bits per heavy atom. The molecule has 0 unspecified atom stereocenters. The van der Waals surface area contributed by atoms with Gasteiger partial charge in [-0.3, -0.25) is 4.98 Å². The second-order valence-corrected chi connectivity index (χ2v) is 11.3. The molecule has 3 aromatic heterocycles. The number of alkyl halides is 1. The van der Waals surface area contributed by atoms with Gasteiger partial charge in [-0.15, -0.1) is 0 Å². The molecule has 2 aliphatic rings. The van der Waals surface area contributed by atoms with E-state index in [1.165, 1.54) is 0 Å². The van der Waals surface area contributed by atoms with Crippen LogP contribution in [-0.2, 0) is 10.3 Å². The van der Waals surface area contributed by atoms with Crippen molar-refractivity contribution in [2.45, 2.75) is 58.4 Å². The van der Waals surface area contributed by atoms with E-state index in [9.17, 15) is 9.18 Å². The van der Waals surface area contributed by atoms with Crippen molar-refractivity contribution < 1.29 is 13.9 Å². The highest BCUT2D eigenvalue weighted by Crippen LogP contribution is 2.37. The van der Waals surface area contributed by atoms with Crippen LogP contribution in [-0.4, -0.2) is 95.1 Å². The first-order valence-electron chi connectivity index (χ1n) is 14.5. The molecule has 216 valence electrons. The van der Waals surface area contributed by atoms with Crippen LogP contribution in [0.4, 0.5) is 14.9 Å². The van der Waals surface area contributed by atoms with Crippen molar-refractivity contribution >= 4 is 17.2 Å². The summed E-state index contributed by atoms with van der Waals surface area (Å²) in [6.45, 7) is 13.2. The monoisotopic (exact) mass is 551 g/mol. The first-order valence-corrected chi connectivity index (χ1v) is 14.5. The van der Waals surface area contributed by atoms with Crippen LogP contribution in [0.15, 0.2) is 42.9 Å². The van der Waals surface area contributed by atoms with Crippen molar-refractivity contribution in [1.82, 2.24) is 29.7 Å². The predicted molar refractivity (Wildman–Crippen MR) is 155 cm³/mol. The van der Waals surface area contributed by atoms with Gasteiger partial charge in [0.15, 0.2) is 0 Å².